The molecule has 2 aromatic carbocycles. The third-order valence-electron chi connectivity index (χ3n) is 4.93. The van der Waals surface area contributed by atoms with Gasteiger partial charge in [0.2, 0.25) is 5.91 Å². The number of nitrogens with zero attached hydrogens (tertiary/aromatic N) is 3. The molecule has 0 bridgehead atoms. The van der Waals surface area contributed by atoms with Crippen LogP contribution in [0.4, 0.5) is 4.39 Å². The van der Waals surface area contributed by atoms with E-state index in [0.717, 1.165) is 37.7 Å². The van der Waals surface area contributed by atoms with Crippen LogP contribution in [0, 0.1) is 5.82 Å². The van der Waals surface area contributed by atoms with Crippen LogP contribution < -0.4 is 0 Å². The van der Waals surface area contributed by atoms with E-state index in [-0.39, 0.29) is 11.7 Å². The van der Waals surface area contributed by atoms with Crippen molar-refractivity contribution >= 4 is 17.5 Å². The Kier molecular flexibility index (Phi) is 6.83. The van der Waals surface area contributed by atoms with Gasteiger partial charge < -0.3 is 4.90 Å². The van der Waals surface area contributed by atoms with Gasteiger partial charge in [-0.1, -0.05) is 41.9 Å². The highest BCUT2D eigenvalue weighted by atomic mass is 35.5. The van der Waals surface area contributed by atoms with E-state index in [2.05, 4.69) is 21.9 Å². The molecule has 1 saturated heterocycles. The SMILES string of the molecule is CN(Cc1ccccc1F)C(=O)CN1CCN(Cc2ccc(Cl)cc2)CC1. The van der Waals surface area contributed by atoms with Crippen LogP contribution >= 0.6 is 11.6 Å². The second-order valence-electron chi connectivity index (χ2n) is 7.02. The van der Waals surface area contributed by atoms with Gasteiger partial charge in [-0.2, -0.15) is 0 Å². The van der Waals surface area contributed by atoms with Crippen molar-refractivity contribution in [2.75, 3.05) is 39.8 Å². The number of carbonyl (C=O) groups is 1. The zero-order valence-electron chi connectivity index (χ0n) is 15.6. The highest BCUT2D eigenvalue weighted by Gasteiger charge is 2.21. The van der Waals surface area contributed by atoms with Gasteiger partial charge in [0.15, 0.2) is 0 Å². The Morgan fingerprint density at radius 3 is 2.33 bits per heavy atom. The summed E-state index contributed by atoms with van der Waals surface area (Å²) in [5.41, 5.74) is 1.79. The van der Waals surface area contributed by atoms with Crippen LogP contribution in [0.1, 0.15) is 11.1 Å². The van der Waals surface area contributed by atoms with Gasteiger partial charge in [-0.15, -0.1) is 0 Å². The standard InChI is InChI=1S/C21H25ClFN3O/c1-24(15-18-4-2-3-5-20(18)23)21(27)16-26-12-10-25(11-13-26)14-17-6-8-19(22)9-7-17/h2-9H,10-16H2,1H3. The van der Waals surface area contributed by atoms with E-state index in [1.807, 2.05) is 12.1 Å². The molecule has 2 aromatic rings. The molecule has 0 radical (unpaired) electrons. The molecule has 1 fully saturated rings. The summed E-state index contributed by atoms with van der Waals surface area (Å²) in [6, 6.07) is 14.5. The van der Waals surface area contributed by atoms with Crippen LogP contribution in [0.2, 0.25) is 5.02 Å². The molecule has 4 nitrogen and oxygen atoms in total. The molecule has 1 aliphatic heterocycles. The summed E-state index contributed by atoms with van der Waals surface area (Å²) >= 11 is 5.93. The molecule has 6 heteroatoms. The van der Waals surface area contributed by atoms with E-state index in [0.29, 0.717) is 18.7 Å². The number of halogens is 2. The summed E-state index contributed by atoms with van der Waals surface area (Å²) in [6.07, 6.45) is 0. The smallest absolute Gasteiger partial charge is 0.236 e. The van der Waals surface area contributed by atoms with Crippen LogP contribution in [0.3, 0.4) is 0 Å². The quantitative estimate of drug-likeness (QED) is 0.758. The molecule has 1 heterocycles. The van der Waals surface area contributed by atoms with Gasteiger partial charge in [0.05, 0.1) is 6.54 Å². The highest BCUT2D eigenvalue weighted by Crippen LogP contribution is 2.13. The van der Waals surface area contributed by atoms with E-state index in [1.165, 1.54) is 11.6 Å². The molecule has 0 saturated carbocycles. The minimum atomic E-state index is -0.270. The Morgan fingerprint density at radius 1 is 1.04 bits per heavy atom. The Labute approximate surface area is 165 Å². The van der Waals surface area contributed by atoms with E-state index < -0.39 is 0 Å². The summed E-state index contributed by atoms with van der Waals surface area (Å²) in [4.78, 5) is 18.6. The molecule has 27 heavy (non-hydrogen) atoms. The molecular formula is C21H25ClFN3O. The summed E-state index contributed by atoms with van der Waals surface area (Å²) in [5.74, 6) is -0.252. The van der Waals surface area contributed by atoms with Gasteiger partial charge in [-0.05, 0) is 23.8 Å². The maximum atomic E-state index is 13.8. The number of hydrogen-bond donors (Lipinski definition) is 0. The third kappa shape index (κ3) is 5.76. The molecular weight excluding hydrogens is 365 g/mol. The molecule has 0 unspecified atom stereocenters. The number of rotatable bonds is 6. The number of amides is 1. The lowest BCUT2D eigenvalue weighted by atomic mass is 10.2. The Hall–Kier alpha value is -1.95. The highest BCUT2D eigenvalue weighted by molar-refractivity contribution is 6.30. The first-order chi connectivity index (χ1) is 13.0. The van der Waals surface area contributed by atoms with Crippen molar-refractivity contribution in [2.24, 2.45) is 0 Å². The van der Waals surface area contributed by atoms with Gasteiger partial charge in [0, 0.05) is 56.9 Å². The van der Waals surface area contributed by atoms with Crippen molar-refractivity contribution < 1.29 is 9.18 Å². The van der Waals surface area contributed by atoms with E-state index >= 15 is 0 Å². The lowest BCUT2D eigenvalue weighted by Gasteiger charge is -2.35. The fourth-order valence-corrected chi connectivity index (χ4v) is 3.36. The van der Waals surface area contributed by atoms with Crippen molar-refractivity contribution in [2.45, 2.75) is 13.1 Å². The molecule has 1 amide bonds. The second kappa shape index (κ2) is 9.31. The molecule has 0 spiro atoms. The van der Waals surface area contributed by atoms with Crippen molar-refractivity contribution in [3.63, 3.8) is 0 Å². The topological polar surface area (TPSA) is 26.8 Å². The van der Waals surface area contributed by atoms with Crippen LogP contribution in [0.5, 0.6) is 0 Å². The molecule has 0 aliphatic carbocycles. The Balaban J connectivity index is 1.43. The average molecular weight is 390 g/mol. The van der Waals surface area contributed by atoms with Crippen molar-refractivity contribution in [1.82, 2.24) is 14.7 Å². The van der Waals surface area contributed by atoms with Gasteiger partial charge in [-0.25, -0.2) is 4.39 Å². The van der Waals surface area contributed by atoms with Gasteiger partial charge in [0.1, 0.15) is 5.82 Å². The number of carbonyl (C=O) groups excluding carboxylic acids is 1. The molecule has 3 rings (SSSR count). The Bertz CT molecular complexity index is 760. The molecule has 0 aromatic heterocycles. The van der Waals surface area contributed by atoms with Gasteiger partial charge >= 0.3 is 0 Å². The molecule has 0 N–H and O–H groups in total. The third-order valence-corrected chi connectivity index (χ3v) is 5.19. The largest absolute Gasteiger partial charge is 0.340 e. The monoisotopic (exact) mass is 389 g/mol. The lowest BCUT2D eigenvalue weighted by molar-refractivity contribution is -0.132. The zero-order chi connectivity index (χ0) is 19.2. The summed E-state index contributed by atoms with van der Waals surface area (Å²) < 4.78 is 13.8. The first-order valence-electron chi connectivity index (χ1n) is 9.18. The minimum Gasteiger partial charge on any atom is -0.340 e. The predicted molar refractivity (Wildman–Crippen MR) is 106 cm³/mol. The second-order valence-corrected chi connectivity index (χ2v) is 7.46. The molecule has 0 atom stereocenters. The number of piperazine rings is 1. The van der Waals surface area contributed by atoms with E-state index in [4.69, 9.17) is 11.6 Å². The summed E-state index contributed by atoms with van der Waals surface area (Å²) in [6.45, 7) is 5.12. The van der Waals surface area contributed by atoms with Crippen molar-refractivity contribution in [3.05, 3.63) is 70.5 Å². The fraction of sp³-hybridized carbons (Fsp3) is 0.381. The maximum absolute atomic E-state index is 13.8. The van der Waals surface area contributed by atoms with Crippen LogP contribution in [-0.2, 0) is 17.9 Å². The van der Waals surface area contributed by atoms with Crippen LogP contribution in [-0.4, -0.2) is 60.4 Å². The lowest BCUT2D eigenvalue weighted by Crippen LogP contribution is -2.49. The van der Waals surface area contributed by atoms with E-state index in [9.17, 15) is 9.18 Å². The normalized spacial score (nSPS) is 15.7. The average Bonchev–Trinajstić information content (AvgIpc) is 2.67. The van der Waals surface area contributed by atoms with Crippen molar-refractivity contribution in [3.8, 4) is 0 Å². The molecule has 1 aliphatic rings. The Morgan fingerprint density at radius 2 is 1.67 bits per heavy atom. The summed E-state index contributed by atoms with van der Waals surface area (Å²) in [7, 11) is 1.73. The first kappa shape index (κ1) is 19.8. The predicted octanol–water partition coefficient (Wildman–Crippen LogP) is 3.26. The minimum absolute atomic E-state index is 0.0180. The zero-order valence-corrected chi connectivity index (χ0v) is 16.3. The first-order valence-corrected chi connectivity index (χ1v) is 9.55. The number of likely N-dealkylation sites (N-methyl/N-ethyl adjacent to an activating group) is 1. The number of benzene rings is 2. The van der Waals surface area contributed by atoms with Crippen molar-refractivity contribution in [1.29, 1.82) is 0 Å². The molecule has 144 valence electrons. The van der Waals surface area contributed by atoms with Crippen LogP contribution in [0.15, 0.2) is 48.5 Å². The van der Waals surface area contributed by atoms with Crippen LogP contribution in [0.25, 0.3) is 0 Å². The maximum Gasteiger partial charge on any atom is 0.236 e. The number of hydrogen-bond acceptors (Lipinski definition) is 3. The van der Waals surface area contributed by atoms with E-state index in [1.54, 1.807) is 30.1 Å². The van der Waals surface area contributed by atoms with Gasteiger partial charge in [-0.3, -0.25) is 14.6 Å². The summed E-state index contributed by atoms with van der Waals surface area (Å²) in [5, 5.41) is 0.751. The fourth-order valence-electron chi connectivity index (χ4n) is 3.24. The van der Waals surface area contributed by atoms with Gasteiger partial charge in [0.25, 0.3) is 0 Å².